The Labute approximate surface area is 217 Å². The molecular weight excluding hydrogens is 508 g/mol. The second kappa shape index (κ2) is 7.64. The molecule has 2 aliphatic carbocycles. The normalized spacial score (nSPS) is 33.7. The molecule has 0 amide bonds. The second-order valence-electron chi connectivity index (χ2n) is 10.7. The molecule has 9 nitrogen and oxygen atoms in total. The van der Waals surface area contributed by atoms with Crippen LogP contribution in [-0.2, 0) is 10.3 Å². The summed E-state index contributed by atoms with van der Waals surface area (Å²) in [5.41, 5.74) is 0.159. The molecule has 12 heteroatoms. The number of anilines is 3. The van der Waals surface area contributed by atoms with Crippen LogP contribution in [0.15, 0.2) is 24.5 Å². The van der Waals surface area contributed by atoms with Crippen LogP contribution in [-0.4, -0.2) is 86.5 Å². The lowest BCUT2D eigenvalue weighted by atomic mass is 9.95. The van der Waals surface area contributed by atoms with E-state index in [9.17, 15) is 9.50 Å². The van der Waals surface area contributed by atoms with Crippen molar-refractivity contribution in [3.8, 4) is 0 Å². The summed E-state index contributed by atoms with van der Waals surface area (Å²) in [5.74, 6) is 0.376. The number of nitrogens with one attached hydrogen (secondary N) is 1. The number of halogens is 3. The summed E-state index contributed by atoms with van der Waals surface area (Å²) in [6, 6.07) is 3.86. The fraction of sp³-hybridized carbons (Fsp3) is 0.542. The quantitative estimate of drug-likeness (QED) is 0.515. The van der Waals surface area contributed by atoms with Gasteiger partial charge in [0.1, 0.15) is 11.2 Å². The average molecular weight is 534 g/mol. The molecule has 2 aliphatic heterocycles. The van der Waals surface area contributed by atoms with Crippen LogP contribution in [0.5, 0.6) is 0 Å². The Morgan fingerprint density at radius 1 is 1.17 bits per heavy atom. The first-order valence-electron chi connectivity index (χ1n) is 12.1. The molecule has 1 aromatic carbocycles. The molecular formula is C24H26Cl2FN7O2. The van der Waals surface area contributed by atoms with Crippen molar-refractivity contribution in [2.45, 2.75) is 42.6 Å². The van der Waals surface area contributed by atoms with E-state index in [2.05, 4.69) is 37.1 Å². The van der Waals surface area contributed by atoms with E-state index in [1.807, 2.05) is 12.1 Å². The lowest BCUT2D eigenvalue weighted by molar-refractivity contribution is 0.00884. The van der Waals surface area contributed by atoms with E-state index < -0.39 is 17.3 Å². The Bertz CT molecular complexity index is 1370. The van der Waals surface area contributed by atoms with Crippen LogP contribution in [0, 0.1) is 0 Å². The van der Waals surface area contributed by atoms with Gasteiger partial charge in [-0.2, -0.15) is 5.10 Å². The van der Waals surface area contributed by atoms with Crippen molar-refractivity contribution in [2.75, 3.05) is 49.6 Å². The molecule has 4 aliphatic rings. The monoisotopic (exact) mass is 533 g/mol. The van der Waals surface area contributed by atoms with Crippen molar-refractivity contribution in [3.63, 3.8) is 0 Å². The molecule has 2 N–H and O–H groups in total. The molecule has 0 spiro atoms. The molecule has 4 fully saturated rings. The molecule has 0 bridgehead atoms. The highest BCUT2D eigenvalue weighted by Crippen LogP contribution is 2.79. The lowest BCUT2D eigenvalue weighted by Gasteiger charge is -2.45. The van der Waals surface area contributed by atoms with Crippen molar-refractivity contribution in [3.05, 3.63) is 34.7 Å². The molecule has 190 valence electrons. The van der Waals surface area contributed by atoms with Crippen LogP contribution in [0.2, 0.25) is 10.2 Å². The van der Waals surface area contributed by atoms with Gasteiger partial charge in [0.25, 0.3) is 0 Å². The van der Waals surface area contributed by atoms with Gasteiger partial charge < -0.3 is 20.1 Å². The minimum Gasteiger partial charge on any atom is -0.389 e. The summed E-state index contributed by atoms with van der Waals surface area (Å²) in [4.78, 5) is 13.6. The molecule has 3 aromatic rings. The second-order valence-corrected chi connectivity index (χ2v) is 11.4. The maximum atomic E-state index is 14.2. The van der Waals surface area contributed by atoms with Crippen molar-refractivity contribution in [1.29, 1.82) is 0 Å². The molecule has 36 heavy (non-hydrogen) atoms. The van der Waals surface area contributed by atoms with Crippen LogP contribution in [0.3, 0.4) is 0 Å². The lowest BCUT2D eigenvalue weighted by Crippen LogP contribution is -2.60. The van der Waals surface area contributed by atoms with E-state index in [-0.39, 0.29) is 5.54 Å². The number of benzene rings is 1. The third-order valence-corrected chi connectivity index (χ3v) is 9.14. The fourth-order valence-electron chi connectivity index (χ4n) is 5.72. The minimum absolute atomic E-state index is 0.355. The van der Waals surface area contributed by atoms with E-state index >= 15 is 0 Å². The first kappa shape index (κ1) is 22.9. The number of aromatic nitrogens is 4. The molecule has 2 unspecified atom stereocenters. The van der Waals surface area contributed by atoms with Crippen LogP contribution in [0.4, 0.5) is 21.7 Å². The number of piperazine rings is 1. The zero-order valence-electron chi connectivity index (χ0n) is 19.7. The van der Waals surface area contributed by atoms with Gasteiger partial charge in [-0.25, -0.2) is 19.0 Å². The van der Waals surface area contributed by atoms with Crippen LogP contribution < -0.4 is 10.2 Å². The van der Waals surface area contributed by atoms with Crippen molar-refractivity contribution in [1.82, 2.24) is 24.6 Å². The predicted molar refractivity (Wildman–Crippen MR) is 135 cm³/mol. The predicted octanol–water partition coefficient (Wildman–Crippen LogP) is 3.36. The fourth-order valence-corrected chi connectivity index (χ4v) is 6.31. The number of hydrogen-bond acceptors (Lipinski definition) is 8. The molecule has 2 aromatic heterocycles. The van der Waals surface area contributed by atoms with E-state index in [1.165, 1.54) is 0 Å². The van der Waals surface area contributed by atoms with Crippen LogP contribution in [0.1, 0.15) is 19.8 Å². The SMILES string of the molecule is CC1(N2CCN(c3cc4nc(Nc5cnn(C67CC6(F)C7)c5Cl)ncc4cc3Cl)CC2)COCC1O. The average Bonchev–Trinajstić information content (AvgIpc) is 3.48. The largest absolute Gasteiger partial charge is 0.389 e. The molecule has 2 saturated heterocycles. The molecule has 7 rings (SSSR count). The highest BCUT2D eigenvalue weighted by molar-refractivity contribution is 6.34. The zero-order valence-corrected chi connectivity index (χ0v) is 21.2. The first-order chi connectivity index (χ1) is 17.2. The Balaban J connectivity index is 1.10. The summed E-state index contributed by atoms with van der Waals surface area (Å²) in [6.45, 7) is 6.13. The standard InChI is InChI=1S/C24H26Cl2FN7O2/c1-22(13-36-10-19(22)35)33-4-2-32(3-5-33)18-7-16-14(6-15(18)25)8-28-21(30-16)31-17-9-29-34(20(17)26)24-11-23(24,27)12-24/h6-9,19,35H,2-5,10-13H2,1H3,(H,28,30,31). The maximum Gasteiger partial charge on any atom is 0.227 e. The van der Waals surface area contributed by atoms with Crippen LogP contribution in [0.25, 0.3) is 10.9 Å². The Hall–Kier alpha value is -2.24. The van der Waals surface area contributed by atoms with Gasteiger partial charge in [0, 0.05) is 50.6 Å². The molecule has 2 saturated carbocycles. The number of fused-ring (bicyclic) bond motifs is 2. The Morgan fingerprint density at radius 2 is 1.92 bits per heavy atom. The summed E-state index contributed by atoms with van der Waals surface area (Å²) in [6.07, 6.45) is 3.76. The van der Waals surface area contributed by atoms with Gasteiger partial charge in [-0.1, -0.05) is 23.2 Å². The minimum atomic E-state index is -1.14. The number of rotatable bonds is 5. The summed E-state index contributed by atoms with van der Waals surface area (Å²) < 4.78 is 21.3. The van der Waals surface area contributed by atoms with Gasteiger partial charge in [0.2, 0.25) is 5.95 Å². The van der Waals surface area contributed by atoms with Crippen molar-refractivity contribution >= 4 is 51.4 Å². The van der Waals surface area contributed by atoms with E-state index in [1.54, 1.807) is 17.1 Å². The van der Waals surface area contributed by atoms with Gasteiger partial charge >= 0.3 is 0 Å². The van der Waals surface area contributed by atoms with Gasteiger partial charge in [0.05, 0.1) is 53.0 Å². The van der Waals surface area contributed by atoms with E-state index in [0.717, 1.165) is 42.8 Å². The van der Waals surface area contributed by atoms with Crippen LogP contribution >= 0.6 is 23.2 Å². The van der Waals surface area contributed by atoms with Gasteiger partial charge in [-0.3, -0.25) is 4.90 Å². The van der Waals surface area contributed by atoms with Crippen molar-refractivity contribution in [2.24, 2.45) is 0 Å². The number of aliphatic hydroxyl groups excluding tert-OH is 1. The topological polar surface area (TPSA) is 91.6 Å². The van der Waals surface area contributed by atoms with E-state index in [4.69, 9.17) is 27.9 Å². The number of alkyl halides is 1. The molecule has 0 radical (unpaired) electrons. The summed E-state index contributed by atoms with van der Waals surface area (Å²) >= 11 is 13.2. The van der Waals surface area contributed by atoms with Gasteiger partial charge in [-0.15, -0.1) is 0 Å². The number of hydrogen-bond donors (Lipinski definition) is 2. The van der Waals surface area contributed by atoms with Crippen molar-refractivity contribution < 1.29 is 14.2 Å². The number of aliphatic hydroxyl groups is 1. The third kappa shape index (κ3) is 3.28. The van der Waals surface area contributed by atoms with Gasteiger partial charge in [-0.05, 0) is 19.1 Å². The van der Waals surface area contributed by atoms with Gasteiger partial charge in [0.15, 0.2) is 5.15 Å². The first-order valence-corrected chi connectivity index (χ1v) is 12.9. The maximum absolute atomic E-state index is 14.2. The van der Waals surface area contributed by atoms with E-state index in [0.29, 0.717) is 47.9 Å². The number of ether oxygens (including phenoxy) is 1. The zero-order chi connectivity index (χ0) is 24.9. The summed E-state index contributed by atoms with van der Waals surface area (Å²) in [7, 11) is 0. The number of nitrogens with zero attached hydrogens (tertiary/aromatic N) is 6. The highest BCUT2D eigenvalue weighted by Gasteiger charge is 2.88. The third-order valence-electron chi connectivity index (χ3n) is 8.47. The smallest absolute Gasteiger partial charge is 0.227 e. The Morgan fingerprint density at radius 3 is 2.58 bits per heavy atom. The summed E-state index contributed by atoms with van der Waals surface area (Å²) in [5, 5.41) is 19.7. The highest BCUT2D eigenvalue weighted by atomic mass is 35.5. The molecule has 4 heterocycles. The Kier molecular flexibility index (Phi) is 4.86. The molecule has 2 atom stereocenters.